The Kier molecular flexibility index (Phi) is 4.42. The maximum absolute atomic E-state index is 11.4. The molecule has 0 fully saturated rings. The summed E-state index contributed by atoms with van der Waals surface area (Å²) in [6.07, 6.45) is 1.19. The monoisotopic (exact) mass is 360 g/mol. The van der Waals surface area contributed by atoms with E-state index in [4.69, 9.17) is 5.84 Å². The summed E-state index contributed by atoms with van der Waals surface area (Å²) in [5, 5.41) is 1.97. The highest BCUT2D eigenvalue weighted by molar-refractivity contribution is 9.10. The number of hydrogen-bond donors (Lipinski definition) is 2. The highest BCUT2D eigenvalue weighted by Crippen LogP contribution is 2.32. The van der Waals surface area contributed by atoms with Crippen molar-refractivity contribution < 1.29 is 8.42 Å². The van der Waals surface area contributed by atoms with Crippen molar-refractivity contribution in [2.75, 3.05) is 6.26 Å². The average molecular weight is 361 g/mol. The van der Waals surface area contributed by atoms with E-state index < -0.39 is 9.84 Å². The van der Waals surface area contributed by atoms with Crippen molar-refractivity contribution in [3.8, 4) is 0 Å². The lowest BCUT2D eigenvalue weighted by Crippen LogP contribution is -2.28. The Bertz CT molecular complexity index is 665. The number of hydrogen-bond acceptors (Lipinski definition) is 5. The van der Waals surface area contributed by atoms with Crippen molar-refractivity contribution in [3.05, 3.63) is 50.6 Å². The molecule has 0 aliphatic rings. The lowest BCUT2D eigenvalue weighted by atomic mass is 10.1. The molecule has 0 spiro atoms. The van der Waals surface area contributed by atoms with Gasteiger partial charge in [0.1, 0.15) is 0 Å². The Morgan fingerprint density at radius 1 is 1.26 bits per heavy atom. The van der Waals surface area contributed by atoms with E-state index in [-0.39, 0.29) is 6.04 Å². The van der Waals surface area contributed by atoms with Crippen LogP contribution in [0.1, 0.15) is 16.5 Å². The van der Waals surface area contributed by atoms with Crippen LogP contribution in [0.3, 0.4) is 0 Å². The number of halogens is 1. The van der Waals surface area contributed by atoms with Crippen LogP contribution < -0.4 is 11.3 Å². The van der Waals surface area contributed by atoms with Crippen LogP contribution in [0.4, 0.5) is 0 Å². The predicted molar refractivity (Wildman–Crippen MR) is 80.7 cm³/mol. The third-order valence-electron chi connectivity index (χ3n) is 2.72. The second kappa shape index (κ2) is 5.72. The summed E-state index contributed by atoms with van der Waals surface area (Å²) in [6.45, 7) is 0. The van der Waals surface area contributed by atoms with Crippen molar-refractivity contribution in [1.82, 2.24) is 5.43 Å². The maximum Gasteiger partial charge on any atom is 0.175 e. The van der Waals surface area contributed by atoms with E-state index in [0.717, 1.165) is 14.9 Å². The van der Waals surface area contributed by atoms with Gasteiger partial charge in [-0.1, -0.05) is 12.1 Å². The molecule has 0 saturated carbocycles. The van der Waals surface area contributed by atoms with Crippen LogP contribution in [0.5, 0.6) is 0 Å². The fourth-order valence-corrected chi connectivity index (χ4v) is 4.06. The highest BCUT2D eigenvalue weighted by Gasteiger charge is 2.17. The number of hydrazine groups is 1. The summed E-state index contributed by atoms with van der Waals surface area (Å²) in [6, 6.07) is 8.52. The molecule has 1 atom stereocenters. The largest absolute Gasteiger partial charge is 0.271 e. The molecule has 1 unspecified atom stereocenters. The second-order valence-corrected chi connectivity index (χ2v) is 7.89. The highest BCUT2D eigenvalue weighted by atomic mass is 79.9. The molecule has 7 heteroatoms. The van der Waals surface area contributed by atoms with Crippen LogP contribution >= 0.6 is 27.3 Å². The summed E-state index contributed by atoms with van der Waals surface area (Å²) < 4.78 is 23.8. The molecule has 2 aromatic rings. The van der Waals surface area contributed by atoms with Crippen LogP contribution in [-0.2, 0) is 9.84 Å². The zero-order chi connectivity index (χ0) is 14.0. The quantitative estimate of drug-likeness (QED) is 0.648. The van der Waals surface area contributed by atoms with Crippen molar-refractivity contribution in [2.45, 2.75) is 10.9 Å². The Hall–Kier alpha value is -0.730. The molecule has 1 aromatic heterocycles. The first-order valence-corrected chi connectivity index (χ1v) is 8.99. The Morgan fingerprint density at radius 2 is 1.89 bits per heavy atom. The molecule has 1 heterocycles. The summed E-state index contributed by atoms with van der Waals surface area (Å²) in [4.78, 5) is 1.35. The van der Waals surface area contributed by atoms with Crippen molar-refractivity contribution in [2.24, 2.45) is 5.84 Å². The molecule has 0 amide bonds. The Morgan fingerprint density at radius 3 is 2.32 bits per heavy atom. The summed E-state index contributed by atoms with van der Waals surface area (Å²) in [5.74, 6) is 5.61. The standard InChI is InChI=1S/C12H13BrN2O2S2/c1-19(16,17)9-4-2-8(3-5-9)11(15-14)12-10(13)6-7-18-12/h2-7,11,15H,14H2,1H3. The minimum Gasteiger partial charge on any atom is -0.271 e. The average Bonchev–Trinajstić information content (AvgIpc) is 2.76. The molecular weight excluding hydrogens is 348 g/mol. The van der Waals surface area contributed by atoms with Gasteiger partial charge in [0.25, 0.3) is 0 Å². The van der Waals surface area contributed by atoms with Crippen LogP contribution in [0.15, 0.2) is 45.1 Å². The van der Waals surface area contributed by atoms with E-state index in [2.05, 4.69) is 21.4 Å². The van der Waals surface area contributed by atoms with Gasteiger partial charge in [0.05, 0.1) is 10.9 Å². The normalized spacial score (nSPS) is 13.4. The molecule has 0 radical (unpaired) electrons. The molecule has 0 saturated heterocycles. The van der Waals surface area contributed by atoms with E-state index in [1.54, 1.807) is 35.6 Å². The first-order valence-electron chi connectivity index (χ1n) is 5.42. The lowest BCUT2D eigenvalue weighted by Gasteiger charge is -2.16. The zero-order valence-electron chi connectivity index (χ0n) is 10.1. The van der Waals surface area contributed by atoms with Gasteiger partial charge in [0, 0.05) is 15.6 Å². The minimum atomic E-state index is -3.17. The molecule has 19 heavy (non-hydrogen) atoms. The van der Waals surface area contributed by atoms with Gasteiger partial charge in [0.2, 0.25) is 0 Å². The molecular formula is C12H13BrN2O2S2. The molecule has 3 N–H and O–H groups in total. The third-order valence-corrected chi connectivity index (χ3v) is 5.78. The molecule has 2 rings (SSSR count). The SMILES string of the molecule is CS(=O)(=O)c1ccc(C(NN)c2sccc2Br)cc1. The predicted octanol–water partition coefficient (Wildman–Crippen LogP) is 2.47. The van der Waals surface area contributed by atoms with E-state index in [0.29, 0.717) is 4.90 Å². The van der Waals surface area contributed by atoms with Gasteiger partial charge in [0.15, 0.2) is 9.84 Å². The van der Waals surface area contributed by atoms with E-state index in [9.17, 15) is 8.42 Å². The van der Waals surface area contributed by atoms with Crippen molar-refractivity contribution in [1.29, 1.82) is 0 Å². The third kappa shape index (κ3) is 3.24. The molecule has 0 bridgehead atoms. The zero-order valence-corrected chi connectivity index (χ0v) is 13.3. The molecule has 0 aliphatic carbocycles. The summed E-state index contributed by atoms with van der Waals surface area (Å²) in [7, 11) is -3.17. The number of rotatable bonds is 4. The number of benzene rings is 1. The van der Waals surface area contributed by atoms with Gasteiger partial charge in [-0.25, -0.2) is 13.8 Å². The van der Waals surface area contributed by atoms with Gasteiger partial charge in [-0.3, -0.25) is 5.84 Å². The molecule has 0 aliphatic heterocycles. The van der Waals surface area contributed by atoms with Gasteiger partial charge in [-0.05, 0) is 45.1 Å². The van der Waals surface area contributed by atoms with Crippen LogP contribution in [0.25, 0.3) is 0 Å². The van der Waals surface area contributed by atoms with Gasteiger partial charge < -0.3 is 0 Å². The van der Waals surface area contributed by atoms with Crippen LogP contribution in [0.2, 0.25) is 0 Å². The van der Waals surface area contributed by atoms with E-state index in [1.165, 1.54) is 6.26 Å². The fourth-order valence-electron chi connectivity index (χ4n) is 1.74. The fraction of sp³-hybridized carbons (Fsp3) is 0.167. The smallest absolute Gasteiger partial charge is 0.175 e. The van der Waals surface area contributed by atoms with Gasteiger partial charge >= 0.3 is 0 Å². The first-order chi connectivity index (χ1) is 8.93. The number of sulfone groups is 1. The molecule has 102 valence electrons. The minimum absolute atomic E-state index is 0.164. The number of thiophene rings is 1. The van der Waals surface area contributed by atoms with E-state index >= 15 is 0 Å². The molecule has 4 nitrogen and oxygen atoms in total. The van der Waals surface area contributed by atoms with Crippen molar-refractivity contribution >= 4 is 37.1 Å². The lowest BCUT2D eigenvalue weighted by molar-refractivity contribution is 0.601. The first kappa shape index (κ1) is 14.7. The van der Waals surface area contributed by atoms with Crippen LogP contribution in [-0.4, -0.2) is 14.7 Å². The van der Waals surface area contributed by atoms with Gasteiger partial charge in [-0.15, -0.1) is 11.3 Å². The number of nitrogens with one attached hydrogen (secondary N) is 1. The second-order valence-electron chi connectivity index (χ2n) is 4.07. The van der Waals surface area contributed by atoms with Crippen molar-refractivity contribution in [3.63, 3.8) is 0 Å². The maximum atomic E-state index is 11.4. The topological polar surface area (TPSA) is 72.2 Å². The molecule has 1 aromatic carbocycles. The Balaban J connectivity index is 2.38. The van der Waals surface area contributed by atoms with Gasteiger partial charge in [-0.2, -0.15) is 0 Å². The number of nitrogens with two attached hydrogens (primary N) is 1. The Labute approximate surface area is 124 Å². The van der Waals surface area contributed by atoms with E-state index in [1.807, 2.05) is 11.4 Å². The summed E-state index contributed by atoms with van der Waals surface area (Å²) in [5.41, 5.74) is 3.67. The summed E-state index contributed by atoms with van der Waals surface area (Å²) >= 11 is 5.05. The van der Waals surface area contributed by atoms with Crippen LogP contribution in [0, 0.1) is 0 Å².